The molecule has 0 aliphatic carbocycles. The van der Waals surface area contributed by atoms with E-state index < -0.39 is 0 Å². The molecule has 1 unspecified atom stereocenters. The zero-order chi connectivity index (χ0) is 13.4. The standard InChI is InChI=1S/C11H17N7O/c1-17-3-4-18(2)8(6-17)10-13-11(19-16-10)7-5-9(12)15-14-7/h5,8H,3-4,6H2,1-2H3,(H3,12,14,15). The van der Waals surface area contributed by atoms with E-state index in [9.17, 15) is 0 Å². The van der Waals surface area contributed by atoms with Crippen molar-refractivity contribution in [1.29, 1.82) is 0 Å². The highest BCUT2D eigenvalue weighted by Crippen LogP contribution is 2.23. The van der Waals surface area contributed by atoms with Crippen LogP contribution < -0.4 is 5.73 Å². The average Bonchev–Trinajstić information content (AvgIpc) is 3.00. The summed E-state index contributed by atoms with van der Waals surface area (Å²) in [5.74, 6) is 1.52. The summed E-state index contributed by atoms with van der Waals surface area (Å²) < 4.78 is 5.27. The van der Waals surface area contributed by atoms with Crippen LogP contribution in [0.5, 0.6) is 0 Å². The smallest absolute Gasteiger partial charge is 0.276 e. The molecule has 1 fully saturated rings. The molecule has 1 atom stereocenters. The third-order valence-corrected chi connectivity index (χ3v) is 3.42. The van der Waals surface area contributed by atoms with Gasteiger partial charge in [-0.2, -0.15) is 10.1 Å². The van der Waals surface area contributed by atoms with Gasteiger partial charge in [0.05, 0.1) is 6.04 Å². The fraction of sp³-hybridized carbons (Fsp3) is 0.545. The molecule has 1 aliphatic rings. The van der Waals surface area contributed by atoms with Crippen molar-refractivity contribution in [1.82, 2.24) is 30.1 Å². The van der Waals surface area contributed by atoms with Gasteiger partial charge in [0, 0.05) is 25.7 Å². The fourth-order valence-electron chi connectivity index (χ4n) is 2.22. The second-order valence-electron chi connectivity index (χ2n) is 4.92. The van der Waals surface area contributed by atoms with E-state index >= 15 is 0 Å². The summed E-state index contributed by atoms with van der Waals surface area (Å²) in [5, 5.41) is 10.7. The van der Waals surface area contributed by atoms with Crippen molar-refractivity contribution in [3.63, 3.8) is 0 Å². The Morgan fingerprint density at radius 3 is 3.00 bits per heavy atom. The van der Waals surface area contributed by atoms with Gasteiger partial charge in [0.15, 0.2) is 5.82 Å². The number of nitrogen functional groups attached to an aromatic ring is 1. The number of nitrogens with zero attached hydrogens (tertiary/aromatic N) is 5. The maximum absolute atomic E-state index is 5.56. The molecule has 0 spiro atoms. The molecule has 102 valence electrons. The summed E-state index contributed by atoms with van der Waals surface area (Å²) >= 11 is 0. The number of rotatable bonds is 2. The Labute approximate surface area is 110 Å². The Morgan fingerprint density at radius 1 is 1.42 bits per heavy atom. The van der Waals surface area contributed by atoms with Crippen LogP contribution in [0.25, 0.3) is 11.6 Å². The molecule has 0 aromatic carbocycles. The van der Waals surface area contributed by atoms with Crippen molar-refractivity contribution in [2.24, 2.45) is 0 Å². The number of nitrogens with one attached hydrogen (secondary N) is 1. The van der Waals surface area contributed by atoms with E-state index in [2.05, 4.69) is 44.2 Å². The predicted molar refractivity (Wildman–Crippen MR) is 69.2 cm³/mol. The number of hydrogen-bond acceptors (Lipinski definition) is 7. The quantitative estimate of drug-likeness (QED) is 0.784. The van der Waals surface area contributed by atoms with Crippen LogP contribution in [0.4, 0.5) is 5.82 Å². The van der Waals surface area contributed by atoms with E-state index in [0.717, 1.165) is 19.6 Å². The van der Waals surface area contributed by atoms with Crippen molar-refractivity contribution >= 4 is 5.82 Å². The molecule has 0 amide bonds. The van der Waals surface area contributed by atoms with Gasteiger partial charge in [0.1, 0.15) is 11.5 Å². The Balaban J connectivity index is 1.84. The maximum Gasteiger partial charge on any atom is 0.276 e. The molecule has 0 bridgehead atoms. The van der Waals surface area contributed by atoms with E-state index in [0.29, 0.717) is 23.2 Å². The highest BCUT2D eigenvalue weighted by atomic mass is 16.5. The number of aromatic nitrogens is 4. The van der Waals surface area contributed by atoms with Crippen LogP contribution in [0, 0.1) is 0 Å². The Kier molecular flexibility index (Phi) is 2.96. The van der Waals surface area contributed by atoms with Gasteiger partial charge in [0.2, 0.25) is 0 Å². The lowest BCUT2D eigenvalue weighted by molar-refractivity contribution is 0.108. The highest BCUT2D eigenvalue weighted by molar-refractivity contribution is 5.51. The van der Waals surface area contributed by atoms with E-state index in [1.54, 1.807) is 6.07 Å². The molecule has 0 saturated carbocycles. The van der Waals surface area contributed by atoms with E-state index in [1.165, 1.54) is 0 Å². The van der Waals surface area contributed by atoms with E-state index in [1.807, 2.05) is 0 Å². The lowest BCUT2D eigenvalue weighted by Crippen LogP contribution is -2.45. The first-order valence-corrected chi connectivity index (χ1v) is 6.17. The average molecular weight is 263 g/mol. The molecule has 1 saturated heterocycles. The Morgan fingerprint density at radius 2 is 2.26 bits per heavy atom. The number of likely N-dealkylation sites (N-methyl/N-ethyl adjacent to an activating group) is 2. The molecule has 0 radical (unpaired) electrons. The first-order valence-electron chi connectivity index (χ1n) is 6.17. The second-order valence-corrected chi connectivity index (χ2v) is 4.92. The molecule has 1 aliphatic heterocycles. The maximum atomic E-state index is 5.56. The monoisotopic (exact) mass is 263 g/mol. The molecule has 2 aromatic heterocycles. The van der Waals surface area contributed by atoms with Gasteiger partial charge in [-0.3, -0.25) is 10.00 Å². The SMILES string of the molecule is CN1CCN(C)C(c2noc(-c3cc(N)n[nH]3)n2)C1. The lowest BCUT2D eigenvalue weighted by atomic mass is 10.2. The minimum absolute atomic E-state index is 0.150. The number of H-pyrrole nitrogens is 1. The van der Waals surface area contributed by atoms with Crippen LogP contribution >= 0.6 is 0 Å². The summed E-state index contributed by atoms with van der Waals surface area (Å²) in [5.41, 5.74) is 6.20. The summed E-state index contributed by atoms with van der Waals surface area (Å²) in [7, 11) is 4.17. The molecule has 8 nitrogen and oxygen atoms in total. The topological polar surface area (TPSA) is 100 Å². The van der Waals surface area contributed by atoms with Crippen molar-refractivity contribution < 1.29 is 4.52 Å². The third-order valence-electron chi connectivity index (χ3n) is 3.42. The zero-order valence-electron chi connectivity index (χ0n) is 11.0. The molecule has 3 heterocycles. The molecule has 3 rings (SSSR count). The summed E-state index contributed by atoms with van der Waals surface area (Å²) in [4.78, 5) is 8.92. The number of aromatic amines is 1. The van der Waals surface area contributed by atoms with Crippen molar-refractivity contribution in [3.8, 4) is 11.6 Å². The minimum atomic E-state index is 0.150. The molecular weight excluding hydrogens is 246 g/mol. The molecule has 3 N–H and O–H groups in total. The minimum Gasteiger partial charge on any atom is -0.382 e. The van der Waals surface area contributed by atoms with Crippen LogP contribution in [0.15, 0.2) is 10.6 Å². The fourth-order valence-corrected chi connectivity index (χ4v) is 2.22. The lowest BCUT2D eigenvalue weighted by Gasteiger charge is -2.35. The van der Waals surface area contributed by atoms with Gasteiger partial charge in [-0.1, -0.05) is 5.16 Å². The number of nitrogens with two attached hydrogens (primary N) is 1. The first-order chi connectivity index (χ1) is 9.13. The van der Waals surface area contributed by atoms with Crippen LogP contribution in [0.1, 0.15) is 11.9 Å². The Bertz CT molecular complexity index is 563. The van der Waals surface area contributed by atoms with Gasteiger partial charge in [-0.15, -0.1) is 0 Å². The Hall–Kier alpha value is -1.93. The number of anilines is 1. The second kappa shape index (κ2) is 4.63. The van der Waals surface area contributed by atoms with Gasteiger partial charge < -0.3 is 15.2 Å². The first kappa shape index (κ1) is 12.1. The third kappa shape index (κ3) is 2.32. The molecule has 8 heteroatoms. The van der Waals surface area contributed by atoms with E-state index in [-0.39, 0.29) is 6.04 Å². The number of piperazine rings is 1. The van der Waals surface area contributed by atoms with Crippen LogP contribution in [0.2, 0.25) is 0 Å². The van der Waals surface area contributed by atoms with E-state index in [4.69, 9.17) is 10.3 Å². The zero-order valence-corrected chi connectivity index (χ0v) is 11.0. The van der Waals surface area contributed by atoms with Crippen LogP contribution in [-0.2, 0) is 0 Å². The van der Waals surface area contributed by atoms with Gasteiger partial charge in [0.25, 0.3) is 5.89 Å². The van der Waals surface area contributed by atoms with Crippen molar-refractivity contribution in [3.05, 3.63) is 11.9 Å². The highest BCUT2D eigenvalue weighted by Gasteiger charge is 2.28. The number of hydrogen-bond donors (Lipinski definition) is 2. The summed E-state index contributed by atoms with van der Waals surface area (Å²) in [6, 6.07) is 1.82. The molecular formula is C11H17N7O. The molecule has 2 aromatic rings. The normalized spacial score (nSPS) is 21.9. The van der Waals surface area contributed by atoms with Gasteiger partial charge in [-0.05, 0) is 14.1 Å². The van der Waals surface area contributed by atoms with Crippen molar-refractivity contribution in [2.75, 3.05) is 39.5 Å². The summed E-state index contributed by atoms with van der Waals surface area (Å²) in [6.07, 6.45) is 0. The predicted octanol–water partition coefficient (Wildman–Crippen LogP) is -0.0398. The van der Waals surface area contributed by atoms with Crippen LogP contribution in [-0.4, -0.2) is 63.9 Å². The van der Waals surface area contributed by atoms with Gasteiger partial charge in [-0.25, -0.2) is 0 Å². The largest absolute Gasteiger partial charge is 0.382 e. The summed E-state index contributed by atoms with van der Waals surface area (Å²) in [6.45, 7) is 2.93. The molecule has 19 heavy (non-hydrogen) atoms. The van der Waals surface area contributed by atoms with Crippen LogP contribution in [0.3, 0.4) is 0 Å². The van der Waals surface area contributed by atoms with Gasteiger partial charge >= 0.3 is 0 Å². The van der Waals surface area contributed by atoms with Crippen molar-refractivity contribution in [2.45, 2.75) is 6.04 Å².